The van der Waals surface area contributed by atoms with Crippen LogP contribution in [0.2, 0.25) is 0 Å². The number of aliphatic hydroxyl groups excluding tert-OH is 1. The van der Waals surface area contributed by atoms with Gasteiger partial charge in [-0.05, 0) is 18.4 Å². The van der Waals surface area contributed by atoms with Crippen LogP contribution in [-0.2, 0) is 11.3 Å². The molecule has 0 radical (unpaired) electrons. The molecule has 0 heterocycles. The normalized spacial score (nSPS) is 16.9. The molecule has 1 aliphatic carbocycles. The quantitative estimate of drug-likeness (QED) is 0.615. The van der Waals surface area contributed by atoms with Gasteiger partial charge < -0.3 is 9.84 Å². The van der Waals surface area contributed by atoms with Crippen molar-refractivity contribution in [2.24, 2.45) is 5.41 Å². The zero-order valence-electron chi connectivity index (χ0n) is 10.6. The van der Waals surface area contributed by atoms with E-state index in [1.54, 1.807) is 0 Å². The Balaban J connectivity index is 1.76. The fourth-order valence-corrected chi connectivity index (χ4v) is 2.12. The highest BCUT2D eigenvalue weighted by Crippen LogP contribution is 2.28. The van der Waals surface area contributed by atoms with Crippen molar-refractivity contribution in [3.05, 3.63) is 60.2 Å². The molecule has 2 heteroatoms. The zero-order valence-corrected chi connectivity index (χ0v) is 10.6. The molecule has 0 aromatic heterocycles. The number of rotatable bonds is 6. The van der Waals surface area contributed by atoms with Crippen molar-refractivity contribution in [2.75, 3.05) is 13.2 Å². The molecule has 18 heavy (non-hydrogen) atoms. The summed E-state index contributed by atoms with van der Waals surface area (Å²) >= 11 is 0. The number of allylic oxidation sites excluding steroid dienone is 2. The van der Waals surface area contributed by atoms with Crippen LogP contribution in [0.25, 0.3) is 0 Å². The fraction of sp³-hybridized carbons (Fsp3) is 0.375. The molecule has 96 valence electrons. The van der Waals surface area contributed by atoms with Gasteiger partial charge >= 0.3 is 0 Å². The Morgan fingerprint density at radius 3 is 2.50 bits per heavy atom. The van der Waals surface area contributed by atoms with E-state index in [2.05, 4.69) is 36.4 Å². The van der Waals surface area contributed by atoms with E-state index >= 15 is 0 Å². The second-order valence-corrected chi connectivity index (χ2v) is 4.72. The fourth-order valence-electron chi connectivity index (χ4n) is 2.12. The van der Waals surface area contributed by atoms with Crippen LogP contribution in [0.4, 0.5) is 0 Å². The Morgan fingerprint density at radius 1 is 1.11 bits per heavy atom. The van der Waals surface area contributed by atoms with Gasteiger partial charge in [0.15, 0.2) is 0 Å². The lowest BCUT2D eigenvalue weighted by Crippen LogP contribution is -2.23. The molecule has 0 saturated heterocycles. The first kappa shape index (κ1) is 13.1. The Kier molecular flexibility index (Phi) is 4.73. The van der Waals surface area contributed by atoms with Crippen LogP contribution in [0.5, 0.6) is 0 Å². The Labute approximate surface area is 109 Å². The van der Waals surface area contributed by atoms with Crippen LogP contribution >= 0.6 is 0 Å². The van der Waals surface area contributed by atoms with Gasteiger partial charge in [-0.1, -0.05) is 54.6 Å². The Morgan fingerprint density at radius 2 is 1.83 bits per heavy atom. The van der Waals surface area contributed by atoms with Crippen LogP contribution in [-0.4, -0.2) is 18.3 Å². The van der Waals surface area contributed by atoms with Crippen LogP contribution in [0.1, 0.15) is 18.4 Å². The molecule has 1 aromatic rings. The van der Waals surface area contributed by atoms with E-state index in [1.807, 2.05) is 18.2 Å². The number of benzene rings is 1. The minimum atomic E-state index is -0.213. The highest BCUT2D eigenvalue weighted by atomic mass is 16.5. The molecule has 0 fully saturated rings. The van der Waals surface area contributed by atoms with Gasteiger partial charge in [-0.3, -0.25) is 0 Å². The van der Waals surface area contributed by atoms with E-state index in [0.717, 1.165) is 12.8 Å². The summed E-state index contributed by atoms with van der Waals surface area (Å²) in [5.41, 5.74) is 0.972. The summed E-state index contributed by atoms with van der Waals surface area (Å²) in [7, 11) is 0. The minimum Gasteiger partial charge on any atom is -0.395 e. The summed E-state index contributed by atoms with van der Waals surface area (Å²) in [4.78, 5) is 0. The van der Waals surface area contributed by atoms with Gasteiger partial charge in [0.2, 0.25) is 0 Å². The van der Waals surface area contributed by atoms with Gasteiger partial charge in [-0.2, -0.15) is 0 Å². The van der Waals surface area contributed by atoms with Crippen molar-refractivity contribution in [1.82, 2.24) is 0 Å². The van der Waals surface area contributed by atoms with E-state index in [-0.39, 0.29) is 12.0 Å². The van der Waals surface area contributed by atoms with Crippen LogP contribution in [0.15, 0.2) is 54.6 Å². The molecular weight excluding hydrogens is 224 g/mol. The van der Waals surface area contributed by atoms with Crippen molar-refractivity contribution >= 4 is 0 Å². The van der Waals surface area contributed by atoms with Gasteiger partial charge in [0.1, 0.15) is 0 Å². The van der Waals surface area contributed by atoms with E-state index < -0.39 is 0 Å². The third-order valence-electron chi connectivity index (χ3n) is 3.29. The molecule has 0 amide bonds. The maximum Gasteiger partial charge on any atom is 0.0716 e. The van der Waals surface area contributed by atoms with Crippen molar-refractivity contribution < 1.29 is 9.84 Å². The molecular formula is C16H20O2. The second kappa shape index (κ2) is 6.53. The molecule has 0 unspecified atom stereocenters. The summed E-state index contributed by atoms with van der Waals surface area (Å²) in [6.45, 7) is 1.44. The first-order valence-corrected chi connectivity index (χ1v) is 6.43. The van der Waals surface area contributed by atoms with Gasteiger partial charge in [0, 0.05) is 12.0 Å². The summed E-state index contributed by atoms with van der Waals surface area (Å²) in [5, 5.41) is 9.50. The molecule has 0 spiro atoms. The average molecular weight is 244 g/mol. The maximum atomic E-state index is 9.50. The van der Waals surface area contributed by atoms with Crippen molar-refractivity contribution in [3.63, 3.8) is 0 Å². The number of aliphatic hydroxyl groups is 1. The SMILES string of the molecule is OCC1(CCOCc2ccccc2)C=CCC=C1. The predicted octanol–water partition coefficient (Wildman–Crippen LogP) is 3.09. The van der Waals surface area contributed by atoms with Crippen LogP contribution in [0.3, 0.4) is 0 Å². The standard InChI is InChI=1S/C16H20O2/c17-14-16(9-5-2-6-10-16)11-12-18-13-15-7-3-1-4-8-15/h1,3-10,17H,2,11-14H2. The number of ether oxygens (including phenoxy) is 1. The van der Waals surface area contributed by atoms with Crippen LogP contribution in [0, 0.1) is 5.41 Å². The van der Waals surface area contributed by atoms with Crippen LogP contribution < -0.4 is 0 Å². The Bertz CT molecular complexity index is 394. The van der Waals surface area contributed by atoms with E-state index in [0.29, 0.717) is 13.2 Å². The van der Waals surface area contributed by atoms with Gasteiger partial charge in [0.25, 0.3) is 0 Å². The lowest BCUT2D eigenvalue weighted by Gasteiger charge is -2.26. The molecule has 0 saturated carbocycles. The summed E-state index contributed by atoms with van der Waals surface area (Å²) in [5.74, 6) is 0. The Hall–Kier alpha value is -1.38. The van der Waals surface area contributed by atoms with E-state index in [9.17, 15) is 5.11 Å². The second-order valence-electron chi connectivity index (χ2n) is 4.72. The molecule has 2 rings (SSSR count). The summed E-state index contributed by atoms with van der Waals surface area (Å²) in [6, 6.07) is 10.1. The largest absolute Gasteiger partial charge is 0.395 e. The third-order valence-corrected chi connectivity index (χ3v) is 3.29. The lowest BCUT2D eigenvalue weighted by atomic mass is 9.82. The van der Waals surface area contributed by atoms with Crippen molar-refractivity contribution in [3.8, 4) is 0 Å². The molecule has 1 aliphatic rings. The first-order chi connectivity index (χ1) is 8.85. The molecule has 2 nitrogen and oxygen atoms in total. The maximum absolute atomic E-state index is 9.50. The predicted molar refractivity (Wildman–Crippen MR) is 73.1 cm³/mol. The van der Waals surface area contributed by atoms with Gasteiger partial charge in [0.05, 0.1) is 13.2 Å². The number of hydrogen-bond donors (Lipinski definition) is 1. The van der Waals surface area contributed by atoms with Crippen molar-refractivity contribution in [1.29, 1.82) is 0 Å². The highest BCUT2D eigenvalue weighted by molar-refractivity contribution is 5.18. The first-order valence-electron chi connectivity index (χ1n) is 6.43. The molecule has 0 bridgehead atoms. The van der Waals surface area contributed by atoms with E-state index in [4.69, 9.17) is 4.74 Å². The zero-order chi connectivity index (χ0) is 12.7. The smallest absolute Gasteiger partial charge is 0.0716 e. The van der Waals surface area contributed by atoms with Crippen molar-refractivity contribution in [2.45, 2.75) is 19.4 Å². The van der Waals surface area contributed by atoms with E-state index in [1.165, 1.54) is 5.56 Å². The third kappa shape index (κ3) is 3.56. The van der Waals surface area contributed by atoms with Gasteiger partial charge in [-0.15, -0.1) is 0 Å². The molecule has 0 atom stereocenters. The topological polar surface area (TPSA) is 29.5 Å². The number of hydrogen-bond acceptors (Lipinski definition) is 2. The van der Waals surface area contributed by atoms with Gasteiger partial charge in [-0.25, -0.2) is 0 Å². The summed E-state index contributed by atoms with van der Waals surface area (Å²) < 4.78 is 5.67. The lowest BCUT2D eigenvalue weighted by molar-refractivity contribution is 0.0870. The molecule has 0 aliphatic heterocycles. The molecule has 1 aromatic carbocycles. The summed E-state index contributed by atoms with van der Waals surface area (Å²) in [6.07, 6.45) is 10.2. The highest BCUT2D eigenvalue weighted by Gasteiger charge is 2.23. The average Bonchev–Trinajstić information content (AvgIpc) is 2.46. The molecule has 1 N–H and O–H groups in total. The minimum absolute atomic E-state index is 0.148. The monoisotopic (exact) mass is 244 g/mol.